The summed E-state index contributed by atoms with van der Waals surface area (Å²) in [5.41, 5.74) is 1.05. The van der Waals surface area contributed by atoms with Gasteiger partial charge in [-0.05, 0) is 30.5 Å². The molecule has 1 aromatic heterocycles. The predicted molar refractivity (Wildman–Crippen MR) is 79.1 cm³/mol. The highest BCUT2D eigenvalue weighted by molar-refractivity contribution is 9.10. The molecule has 0 aliphatic rings. The summed E-state index contributed by atoms with van der Waals surface area (Å²) in [6, 6.07) is 8.06. The fraction of sp³-hybridized carbons (Fsp3) is 0.357. The number of carbonyl (C=O) groups is 1. The standard InChI is InChI=1S/C14H17BrN2O2/c1-10(9-19-2)16-14(18)8-17-6-5-11-3-4-12(15)7-13(11)17/h3-7,10H,8-9H2,1-2H3,(H,16,18). The van der Waals surface area contributed by atoms with Crippen LogP contribution in [0.3, 0.4) is 0 Å². The molecule has 5 heteroatoms. The Morgan fingerprint density at radius 1 is 1.47 bits per heavy atom. The molecule has 0 radical (unpaired) electrons. The van der Waals surface area contributed by atoms with Crippen LogP contribution in [0.2, 0.25) is 0 Å². The Labute approximate surface area is 120 Å². The summed E-state index contributed by atoms with van der Waals surface area (Å²) in [5.74, 6) is -0.0120. The van der Waals surface area contributed by atoms with Crippen molar-refractivity contribution in [3.05, 3.63) is 34.9 Å². The van der Waals surface area contributed by atoms with Crippen LogP contribution in [0, 0.1) is 0 Å². The molecule has 0 saturated carbocycles. The van der Waals surface area contributed by atoms with Gasteiger partial charge in [-0.2, -0.15) is 0 Å². The Balaban J connectivity index is 2.08. The second-order valence-corrected chi connectivity index (χ2v) is 5.49. The molecule has 1 heterocycles. The Bertz CT molecular complexity index is 580. The lowest BCUT2D eigenvalue weighted by Crippen LogP contribution is -2.37. The minimum absolute atomic E-state index is 0.0120. The number of benzene rings is 1. The number of rotatable bonds is 5. The molecular weight excluding hydrogens is 308 g/mol. The first-order chi connectivity index (χ1) is 9.10. The van der Waals surface area contributed by atoms with Crippen molar-refractivity contribution < 1.29 is 9.53 Å². The van der Waals surface area contributed by atoms with Crippen LogP contribution < -0.4 is 5.32 Å². The van der Waals surface area contributed by atoms with Gasteiger partial charge in [0.1, 0.15) is 6.54 Å². The number of nitrogens with one attached hydrogen (secondary N) is 1. The van der Waals surface area contributed by atoms with E-state index >= 15 is 0 Å². The van der Waals surface area contributed by atoms with Crippen molar-refractivity contribution in [1.29, 1.82) is 0 Å². The summed E-state index contributed by atoms with van der Waals surface area (Å²) >= 11 is 3.45. The number of hydrogen-bond acceptors (Lipinski definition) is 2. The molecule has 1 aromatic carbocycles. The van der Waals surface area contributed by atoms with Gasteiger partial charge in [-0.15, -0.1) is 0 Å². The van der Waals surface area contributed by atoms with Gasteiger partial charge in [0.05, 0.1) is 6.61 Å². The number of nitrogens with zero attached hydrogens (tertiary/aromatic N) is 1. The van der Waals surface area contributed by atoms with Crippen molar-refractivity contribution in [2.75, 3.05) is 13.7 Å². The zero-order valence-electron chi connectivity index (χ0n) is 11.0. The average Bonchev–Trinajstić information content (AvgIpc) is 2.72. The quantitative estimate of drug-likeness (QED) is 0.918. The Morgan fingerprint density at radius 3 is 3.00 bits per heavy atom. The highest BCUT2D eigenvalue weighted by Gasteiger charge is 2.09. The van der Waals surface area contributed by atoms with Crippen LogP contribution in [0.1, 0.15) is 6.92 Å². The number of methoxy groups -OCH3 is 1. The number of fused-ring (bicyclic) bond motifs is 1. The van der Waals surface area contributed by atoms with Crippen molar-refractivity contribution in [2.24, 2.45) is 0 Å². The Morgan fingerprint density at radius 2 is 2.26 bits per heavy atom. The smallest absolute Gasteiger partial charge is 0.240 e. The Hall–Kier alpha value is -1.33. The van der Waals surface area contributed by atoms with Gasteiger partial charge < -0.3 is 14.6 Å². The molecule has 0 fully saturated rings. The zero-order valence-corrected chi connectivity index (χ0v) is 12.6. The number of hydrogen-bond donors (Lipinski definition) is 1. The maximum Gasteiger partial charge on any atom is 0.240 e. The molecule has 0 aliphatic heterocycles. The summed E-state index contributed by atoms with van der Waals surface area (Å²) in [6.45, 7) is 2.75. The molecule has 19 heavy (non-hydrogen) atoms. The van der Waals surface area contributed by atoms with E-state index in [-0.39, 0.29) is 11.9 Å². The predicted octanol–water partition coefficient (Wildman–Crippen LogP) is 2.55. The fourth-order valence-electron chi connectivity index (χ4n) is 2.06. The molecule has 2 aromatic rings. The van der Waals surface area contributed by atoms with Crippen LogP contribution in [-0.4, -0.2) is 30.2 Å². The van der Waals surface area contributed by atoms with E-state index in [4.69, 9.17) is 4.74 Å². The van der Waals surface area contributed by atoms with Crippen molar-refractivity contribution in [2.45, 2.75) is 19.5 Å². The molecule has 102 valence electrons. The van der Waals surface area contributed by atoms with E-state index in [0.717, 1.165) is 15.4 Å². The second-order valence-electron chi connectivity index (χ2n) is 4.57. The first-order valence-electron chi connectivity index (χ1n) is 6.13. The first kappa shape index (κ1) is 14.1. The van der Waals surface area contributed by atoms with Crippen molar-refractivity contribution in [3.63, 3.8) is 0 Å². The third kappa shape index (κ3) is 3.58. The molecule has 0 saturated heterocycles. The maximum absolute atomic E-state index is 11.9. The lowest BCUT2D eigenvalue weighted by molar-refractivity contribution is -0.122. The number of halogens is 1. The minimum Gasteiger partial charge on any atom is -0.383 e. The van der Waals surface area contributed by atoms with Gasteiger partial charge in [0.15, 0.2) is 0 Å². The monoisotopic (exact) mass is 324 g/mol. The Kier molecular flexibility index (Phi) is 4.61. The van der Waals surface area contributed by atoms with E-state index in [9.17, 15) is 4.79 Å². The lowest BCUT2D eigenvalue weighted by Gasteiger charge is -2.13. The van der Waals surface area contributed by atoms with Gasteiger partial charge in [0.2, 0.25) is 5.91 Å². The van der Waals surface area contributed by atoms with E-state index in [1.54, 1.807) is 7.11 Å². The molecule has 1 amide bonds. The lowest BCUT2D eigenvalue weighted by atomic mass is 10.2. The fourth-order valence-corrected chi connectivity index (χ4v) is 2.41. The maximum atomic E-state index is 11.9. The van der Waals surface area contributed by atoms with E-state index in [0.29, 0.717) is 13.2 Å². The normalized spacial score (nSPS) is 12.6. The summed E-state index contributed by atoms with van der Waals surface area (Å²) < 4.78 is 7.94. The molecular formula is C14H17BrN2O2. The second kappa shape index (κ2) is 6.21. The average molecular weight is 325 g/mol. The van der Waals surface area contributed by atoms with Crippen molar-refractivity contribution in [1.82, 2.24) is 9.88 Å². The van der Waals surface area contributed by atoms with Gasteiger partial charge in [0.25, 0.3) is 0 Å². The van der Waals surface area contributed by atoms with Gasteiger partial charge in [-0.3, -0.25) is 4.79 Å². The van der Waals surface area contributed by atoms with Crippen LogP contribution in [0.25, 0.3) is 10.9 Å². The van der Waals surface area contributed by atoms with E-state index in [1.165, 1.54) is 0 Å². The molecule has 2 rings (SSSR count). The highest BCUT2D eigenvalue weighted by atomic mass is 79.9. The van der Waals surface area contributed by atoms with Gasteiger partial charge in [0, 0.05) is 29.3 Å². The summed E-state index contributed by atoms with van der Waals surface area (Å²) in [5, 5.41) is 4.03. The molecule has 0 spiro atoms. The largest absolute Gasteiger partial charge is 0.383 e. The van der Waals surface area contributed by atoms with Crippen LogP contribution in [0.4, 0.5) is 0 Å². The zero-order chi connectivity index (χ0) is 13.8. The molecule has 1 atom stereocenters. The molecule has 1 N–H and O–H groups in total. The minimum atomic E-state index is -0.0120. The van der Waals surface area contributed by atoms with Crippen LogP contribution >= 0.6 is 15.9 Å². The summed E-state index contributed by atoms with van der Waals surface area (Å²) in [6.07, 6.45) is 1.93. The number of aromatic nitrogens is 1. The van der Waals surface area contributed by atoms with Crippen LogP contribution in [-0.2, 0) is 16.1 Å². The van der Waals surface area contributed by atoms with E-state index < -0.39 is 0 Å². The number of carbonyl (C=O) groups excluding carboxylic acids is 1. The third-order valence-electron chi connectivity index (χ3n) is 2.87. The van der Waals surface area contributed by atoms with Gasteiger partial charge >= 0.3 is 0 Å². The number of amides is 1. The van der Waals surface area contributed by atoms with E-state index in [1.807, 2.05) is 42.0 Å². The van der Waals surface area contributed by atoms with E-state index in [2.05, 4.69) is 21.2 Å². The summed E-state index contributed by atoms with van der Waals surface area (Å²) in [4.78, 5) is 11.9. The van der Waals surface area contributed by atoms with Gasteiger partial charge in [-0.25, -0.2) is 0 Å². The van der Waals surface area contributed by atoms with Crippen LogP contribution in [0.5, 0.6) is 0 Å². The summed E-state index contributed by atoms with van der Waals surface area (Å²) in [7, 11) is 1.62. The third-order valence-corrected chi connectivity index (χ3v) is 3.37. The first-order valence-corrected chi connectivity index (χ1v) is 6.92. The molecule has 4 nitrogen and oxygen atoms in total. The highest BCUT2D eigenvalue weighted by Crippen LogP contribution is 2.20. The molecule has 1 unspecified atom stereocenters. The van der Waals surface area contributed by atoms with Crippen molar-refractivity contribution in [3.8, 4) is 0 Å². The molecule has 0 aliphatic carbocycles. The van der Waals surface area contributed by atoms with Crippen molar-refractivity contribution >= 4 is 32.7 Å². The van der Waals surface area contributed by atoms with Gasteiger partial charge in [-0.1, -0.05) is 22.0 Å². The van der Waals surface area contributed by atoms with Crippen LogP contribution in [0.15, 0.2) is 34.9 Å². The molecule has 0 bridgehead atoms. The number of ether oxygens (including phenoxy) is 1. The SMILES string of the molecule is COCC(C)NC(=O)Cn1ccc2ccc(Br)cc21. The topological polar surface area (TPSA) is 43.3 Å².